The fraction of sp³-hybridized carbons (Fsp3) is 0.190. The average Bonchev–Trinajstić information content (AvgIpc) is 3.15. The second-order valence-corrected chi connectivity index (χ2v) is 6.35. The smallest absolute Gasteiger partial charge is 0.254 e. The van der Waals surface area contributed by atoms with Crippen LogP contribution in [0.25, 0.3) is 0 Å². The van der Waals surface area contributed by atoms with E-state index in [0.717, 1.165) is 28.8 Å². The van der Waals surface area contributed by atoms with Gasteiger partial charge in [0, 0.05) is 48.1 Å². The predicted octanol–water partition coefficient (Wildman–Crippen LogP) is 2.71. The standard InChI is InChI=1S/C21H18N4O/c1-15-5-6-17(12-16(15)7-8-19-4-2-3-10-22-19)21(26)25-11-9-20-18(14-25)13-23-24-20/h2-6,10,12-13H,9,11,14H2,1H3,(H,23,24). The summed E-state index contributed by atoms with van der Waals surface area (Å²) < 4.78 is 0. The number of aromatic amines is 1. The summed E-state index contributed by atoms with van der Waals surface area (Å²) in [5.41, 5.74) is 5.48. The first-order valence-corrected chi connectivity index (χ1v) is 8.55. The van der Waals surface area contributed by atoms with Crippen molar-refractivity contribution in [3.63, 3.8) is 0 Å². The molecule has 0 atom stereocenters. The molecule has 4 rings (SSSR count). The summed E-state index contributed by atoms with van der Waals surface area (Å²) in [4.78, 5) is 19.0. The van der Waals surface area contributed by atoms with E-state index in [0.29, 0.717) is 24.3 Å². The summed E-state index contributed by atoms with van der Waals surface area (Å²) in [6.45, 7) is 3.28. The zero-order chi connectivity index (χ0) is 17.9. The number of aromatic nitrogens is 3. The molecule has 0 bridgehead atoms. The number of carbonyl (C=O) groups is 1. The molecule has 1 aliphatic rings. The monoisotopic (exact) mass is 342 g/mol. The van der Waals surface area contributed by atoms with Crippen molar-refractivity contribution in [3.05, 3.63) is 82.4 Å². The molecule has 1 N–H and O–H groups in total. The fourth-order valence-electron chi connectivity index (χ4n) is 3.04. The van der Waals surface area contributed by atoms with Crippen LogP contribution in [0, 0.1) is 18.8 Å². The summed E-state index contributed by atoms with van der Waals surface area (Å²) in [6, 6.07) is 11.3. The first kappa shape index (κ1) is 16.1. The highest BCUT2D eigenvalue weighted by molar-refractivity contribution is 5.94. The molecule has 0 fully saturated rings. The Balaban J connectivity index is 1.58. The third kappa shape index (κ3) is 3.22. The van der Waals surface area contributed by atoms with Gasteiger partial charge in [-0.05, 0) is 42.7 Å². The minimum Gasteiger partial charge on any atom is -0.334 e. The molecular formula is C21H18N4O. The molecule has 0 unspecified atom stereocenters. The molecule has 3 heterocycles. The number of pyridine rings is 1. The Morgan fingerprint density at radius 1 is 1.23 bits per heavy atom. The largest absolute Gasteiger partial charge is 0.334 e. The van der Waals surface area contributed by atoms with Gasteiger partial charge in [-0.3, -0.25) is 9.89 Å². The number of nitrogens with zero attached hydrogens (tertiary/aromatic N) is 3. The molecule has 0 saturated carbocycles. The quantitative estimate of drug-likeness (QED) is 0.692. The highest BCUT2D eigenvalue weighted by atomic mass is 16.2. The number of amides is 1. The van der Waals surface area contributed by atoms with Crippen molar-refractivity contribution in [1.29, 1.82) is 0 Å². The first-order chi connectivity index (χ1) is 12.7. The van der Waals surface area contributed by atoms with Crippen molar-refractivity contribution in [2.45, 2.75) is 19.9 Å². The lowest BCUT2D eigenvalue weighted by Crippen LogP contribution is -2.35. The minimum atomic E-state index is 0.0257. The second-order valence-electron chi connectivity index (χ2n) is 6.35. The summed E-state index contributed by atoms with van der Waals surface area (Å²) >= 11 is 0. The summed E-state index contributed by atoms with van der Waals surface area (Å²) in [6.07, 6.45) is 4.32. The lowest BCUT2D eigenvalue weighted by molar-refractivity contribution is 0.0734. The van der Waals surface area contributed by atoms with Crippen LogP contribution in [-0.4, -0.2) is 32.5 Å². The summed E-state index contributed by atoms with van der Waals surface area (Å²) in [5, 5.41) is 7.06. The van der Waals surface area contributed by atoms with Crippen molar-refractivity contribution >= 4 is 5.91 Å². The van der Waals surface area contributed by atoms with E-state index in [2.05, 4.69) is 27.0 Å². The number of rotatable bonds is 1. The van der Waals surface area contributed by atoms with Crippen molar-refractivity contribution in [2.24, 2.45) is 0 Å². The highest BCUT2D eigenvalue weighted by Gasteiger charge is 2.23. The molecule has 2 aromatic heterocycles. The normalized spacial score (nSPS) is 12.9. The zero-order valence-electron chi connectivity index (χ0n) is 14.5. The number of benzene rings is 1. The highest BCUT2D eigenvalue weighted by Crippen LogP contribution is 2.19. The average molecular weight is 342 g/mol. The van der Waals surface area contributed by atoms with Gasteiger partial charge >= 0.3 is 0 Å². The van der Waals surface area contributed by atoms with Crippen LogP contribution in [-0.2, 0) is 13.0 Å². The van der Waals surface area contributed by atoms with Crippen LogP contribution in [0.15, 0.2) is 48.8 Å². The third-order valence-corrected chi connectivity index (χ3v) is 4.56. The van der Waals surface area contributed by atoms with Crippen LogP contribution in [0.4, 0.5) is 0 Å². The van der Waals surface area contributed by atoms with Crippen molar-refractivity contribution in [2.75, 3.05) is 6.54 Å². The Labute approximate surface area is 152 Å². The molecule has 0 spiro atoms. The Bertz CT molecular complexity index is 1010. The van der Waals surface area contributed by atoms with E-state index in [-0.39, 0.29) is 5.91 Å². The van der Waals surface area contributed by atoms with E-state index < -0.39 is 0 Å². The number of hydrogen-bond donors (Lipinski definition) is 1. The van der Waals surface area contributed by atoms with E-state index in [1.165, 1.54) is 0 Å². The molecule has 26 heavy (non-hydrogen) atoms. The maximum Gasteiger partial charge on any atom is 0.254 e. The first-order valence-electron chi connectivity index (χ1n) is 8.55. The molecule has 1 aromatic carbocycles. The van der Waals surface area contributed by atoms with Gasteiger partial charge in [0.2, 0.25) is 0 Å². The summed E-state index contributed by atoms with van der Waals surface area (Å²) in [5.74, 6) is 6.22. The van der Waals surface area contributed by atoms with Gasteiger partial charge in [-0.25, -0.2) is 4.98 Å². The zero-order valence-corrected chi connectivity index (χ0v) is 14.5. The van der Waals surface area contributed by atoms with E-state index in [1.54, 1.807) is 12.4 Å². The van der Waals surface area contributed by atoms with Gasteiger partial charge in [0.05, 0.1) is 6.20 Å². The van der Waals surface area contributed by atoms with Gasteiger partial charge in [-0.15, -0.1) is 0 Å². The number of H-pyrrole nitrogens is 1. The van der Waals surface area contributed by atoms with Crippen LogP contribution in [0.1, 0.15) is 38.4 Å². The second kappa shape index (κ2) is 6.85. The van der Waals surface area contributed by atoms with E-state index >= 15 is 0 Å². The molecule has 1 amide bonds. The molecule has 1 aliphatic heterocycles. The van der Waals surface area contributed by atoms with Crippen LogP contribution in [0.3, 0.4) is 0 Å². The number of aryl methyl sites for hydroxylation is 1. The van der Waals surface area contributed by atoms with Gasteiger partial charge in [0.1, 0.15) is 5.69 Å². The SMILES string of the molecule is Cc1ccc(C(=O)N2CCc3[nH]ncc3C2)cc1C#Cc1ccccn1. The van der Waals surface area contributed by atoms with Gasteiger partial charge in [0.15, 0.2) is 0 Å². The van der Waals surface area contributed by atoms with Gasteiger partial charge in [-0.2, -0.15) is 5.10 Å². The Hall–Kier alpha value is -3.39. The van der Waals surface area contributed by atoms with Crippen LogP contribution < -0.4 is 0 Å². The maximum absolute atomic E-state index is 12.9. The predicted molar refractivity (Wildman–Crippen MR) is 98.4 cm³/mol. The Kier molecular flexibility index (Phi) is 4.24. The molecule has 0 saturated heterocycles. The lowest BCUT2D eigenvalue weighted by Gasteiger charge is -2.26. The molecule has 5 nitrogen and oxygen atoms in total. The molecule has 0 aliphatic carbocycles. The van der Waals surface area contributed by atoms with Gasteiger partial charge in [0.25, 0.3) is 5.91 Å². The van der Waals surface area contributed by atoms with Gasteiger partial charge in [-0.1, -0.05) is 18.1 Å². The summed E-state index contributed by atoms with van der Waals surface area (Å²) in [7, 11) is 0. The molecule has 128 valence electrons. The number of fused-ring (bicyclic) bond motifs is 1. The van der Waals surface area contributed by atoms with Crippen molar-refractivity contribution in [3.8, 4) is 11.8 Å². The van der Waals surface area contributed by atoms with E-state index in [9.17, 15) is 4.79 Å². The van der Waals surface area contributed by atoms with Gasteiger partial charge < -0.3 is 4.90 Å². The molecular weight excluding hydrogens is 324 g/mol. The van der Waals surface area contributed by atoms with E-state index in [1.807, 2.05) is 48.2 Å². The fourth-order valence-corrected chi connectivity index (χ4v) is 3.04. The third-order valence-electron chi connectivity index (χ3n) is 4.56. The van der Waals surface area contributed by atoms with Crippen LogP contribution in [0.2, 0.25) is 0 Å². The maximum atomic E-state index is 12.9. The topological polar surface area (TPSA) is 61.9 Å². The minimum absolute atomic E-state index is 0.0257. The Morgan fingerprint density at radius 3 is 3.00 bits per heavy atom. The van der Waals surface area contributed by atoms with Crippen LogP contribution >= 0.6 is 0 Å². The van der Waals surface area contributed by atoms with Crippen molar-refractivity contribution < 1.29 is 4.79 Å². The van der Waals surface area contributed by atoms with Crippen LogP contribution in [0.5, 0.6) is 0 Å². The molecule has 3 aromatic rings. The van der Waals surface area contributed by atoms with E-state index in [4.69, 9.17) is 0 Å². The number of nitrogens with one attached hydrogen (secondary N) is 1. The molecule has 5 heteroatoms. The number of carbonyl (C=O) groups excluding carboxylic acids is 1. The Morgan fingerprint density at radius 2 is 2.15 bits per heavy atom. The lowest BCUT2D eigenvalue weighted by atomic mass is 10.0. The van der Waals surface area contributed by atoms with Crippen molar-refractivity contribution in [1.82, 2.24) is 20.1 Å². The number of hydrogen-bond acceptors (Lipinski definition) is 3. The molecule has 0 radical (unpaired) electrons.